The highest BCUT2D eigenvalue weighted by Gasteiger charge is 2.11. The van der Waals surface area contributed by atoms with Crippen molar-refractivity contribution in [3.63, 3.8) is 0 Å². The molecule has 0 bridgehead atoms. The topological polar surface area (TPSA) is 86.7 Å². The summed E-state index contributed by atoms with van der Waals surface area (Å²) in [5, 5.41) is 11.3. The van der Waals surface area contributed by atoms with Crippen LogP contribution in [0.15, 0.2) is 30.3 Å². The van der Waals surface area contributed by atoms with E-state index < -0.39 is 5.97 Å². The second-order valence-corrected chi connectivity index (χ2v) is 5.35. The van der Waals surface area contributed by atoms with Crippen molar-refractivity contribution in [2.24, 2.45) is 0 Å². The molecule has 0 unspecified atom stereocenters. The van der Waals surface area contributed by atoms with Crippen molar-refractivity contribution in [1.82, 2.24) is 4.90 Å². The predicted molar refractivity (Wildman–Crippen MR) is 82.3 cm³/mol. The number of nitrogens with one attached hydrogen (secondary N) is 1. The number of nitrogens with zero attached hydrogens (tertiary/aromatic N) is 1. The number of carboxylic acids is 1. The Hall–Kier alpha value is -2.02. The zero-order valence-corrected chi connectivity index (χ0v) is 12.6. The van der Waals surface area contributed by atoms with Gasteiger partial charge in [0.2, 0.25) is 11.8 Å². The molecule has 0 aliphatic rings. The van der Waals surface area contributed by atoms with Crippen molar-refractivity contribution < 1.29 is 19.5 Å². The molecule has 114 valence electrons. The number of carboxylic acid groups (broad SMARTS) is 1. The highest BCUT2D eigenvalue weighted by Crippen LogP contribution is 2.07. The summed E-state index contributed by atoms with van der Waals surface area (Å²) in [4.78, 5) is 35.1. The maximum atomic E-state index is 11.7. The van der Waals surface area contributed by atoms with Crippen LogP contribution in [0.25, 0.3) is 0 Å². The summed E-state index contributed by atoms with van der Waals surface area (Å²) in [5.41, 5.74) is 0.716. The molecular formula is C14H18N2O4S. The molecule has 2 amide bonds. The lowest BCUT2D eigenvalue weighted by Crippen LogP contribution is -2.30. The van der Waals surface area contributed by atoms with Crippen molar-refractivity contribution >= 4 is 35.2 Å². The van der Waals surface area contributed by atoms with Crippen LogP contribution in [0.1, 0.15) is 6.42 Å². The van der Waals surface area contributed by atoms with E-state index in [4.69, 9.17) is 5.11 Å². The summed E-state index contributed by atoms with van der Waals surface area (Å²) in [6.45, 7) is 0.172. The standard InChI is InChI=1S/C14H18N2O4S/c1-16(8-7-14(19)20)13(18)10-21-9-12(17)15-11-5-3-2-4-6-11/h2-6H,7-10H2,1H3,(H,15,17)(H,19,20). The molecule has 1 aromatic rings. The van der Waals surface area contributed by atoms with Gasteiger partial charge >= 0.3 is 5.97 Å². The van der Waals surface area contributed by atoms with E-state index in [0.29, 0.717) is 5.69 Å². The van der Waals surface area contributed by atoms with Gasteiger partial charge in [-0.1, -0.05) is 18.2 Å². The van der Waals surface area contributed by atoms with E-state index in [0.717, 1.165) is 0 Å². The third kappa shape index (κ3) is 7.36. The van der Waals surface area contributed by atoms with Crippen LogP contribution in [0.4, 0.5) is 5.69 Å². The molecule has 0 aliphatic carbocycles. The predicted octanol–water partition coefficient (Wildman–Crippen LogP) is 1.29. The van der Waals surface area contributed by atoms with Gasteiger partial charge < -0.3 is 15.3 Å². The third-order valence-electron chi connectivity index (χ3n) is 2.60. The van der Waals surface area contributed by atoms with Crippen molar-refractivity contribution in [3.05, 3.63) is 30.3 Å². The third-order valence-corrected chi connectivity index (χ3v) is 3.52. The van der Waals surface area contributed by atoms with Gasteiger partial charge in [0.05, 0.1) is 17.9 Å². The monoisotopic (exact) mass is 310 g/mol. The minimum atomic E-state index is -0.940. The van der Waals surface area contributed by atoms with Gasteiger partial charge in [-0.05, 0) is 12.1 Å². The lowest BCUT2D eigenvalue weighted by molar-refractivity contribution is -0.137. The average Bonchev–Trinajstić information content (AvgIpc) is 2.45. The summed E-state index contributed by atoms with van der Waals surface area (Å²) in [6.07, 6.45) is -0.0819. The minimum absolute atomic E-state index is 0.0819. The molecule has 0 aromatic heterocycles. The molecule has 0 saturated carbocycles. The van der Waals surface area contributed by atoms with Gasteiger partial charge in [-0.25, -0.2) is 0 Å². The SMILES string of the molecule is CN(CCC(=O)O)C(=O)CSCC(=O)Nc1ccccc1. The van der Waals surface area contributed by atoms with Crippen molar-refractivity contribution in [3.8, 4) is 0 Å². The average molecular weight is 310 g/mol. The zero-order valence-electron chi connectivity index (χ0n) is 11.7. The fourth-order valence-electron chi connectivity index (χ4n) is 1.45. The zero-order chi connectivity index (χ0) is 15.7. The molecule has 0 fully saturated rings. The van der Waals surface area contributed by atoms with Crippen LogP contribution in [-0.2, 0) is 14.4 Å². The van der Waals surface area contributed by atoms with E-state index in [1.807, 2.05) is 18.2 Å². The van der Waals surface area contributed by atoms with Crippen LogP contribution in [0.2, 0.25) is 0 Å². The van der Waals surface area contributed by atoms with Crippen LogP contribution in [0.3, 0.4) is 0 Å². The number of amides is 2. The number of carbonyl (C=O) groups is 3. The van der Waals surface area contributed by atoms with E-state index in [1.54, 1.807) is 19.2 Å². The molecule has 0 spiro atoms. The van der Waals surface area contributed by atoms with Gasteiger partial charge in [-0.3, -0.25) is 14.4 Å². The Kier molecular flexibility index (Phi) is 7.31. The molecule has 1 aromatic carbocycles. The molecule has 0 atom stereocenters. The van der Waals surface area contributed by atoms with Crippen LogP contribution < -0.4 is 5.32 Å². The number of hydrogen-bond acceptors (Lipinski definition) is 4. The first-order chi connectivity index (χ1) is 9.99. The normalized spacial score (nSPS) is 9.95. The van der Waals surface area contributed by atoms with E-state index in [2.05, 4.69) is 5.32 Å². The number of para-hydroxylation sites is 1. The van der Waals surface area contributed by atoms with Gasteiger partial charge in [0.1, 0.15) is 0 Å². The van der Waals surface area contributed by atoms with E-state index in [-0.39, 0.29) is 36.3 Å². The number of hydrogen-bond donors (Lipinski definition) is 2. The van der Waals surface area contributed by atoms with Gasteiger partial charge in [-0.15, -0.1) is 11.8 Å². The first kappa shape index (κ1) is 17.0. The van der Waals surface area contributed by atoms with Crippen molar-refractivity contribution in [2.75, 3.05) is 30.4 Å². The molecule has 0 aliphatic heterocycles. The second kappa shape index (κ2) is 9.02. The fourth-order valence-corrected chi connectivity index (χ4v) is 2.20. The van der Waals surface area contributed by atoms with Crippen LogP contribution in [-0.4, -0.2) is 52.9 Å². The number of benzene rings is 1. The highest BCUT2D eigenvalue weighted by atomic mass is 32.2. The number of anilines is 1. The largest absolute Gasteiger partial charge is 0.481 e. The lowest BCUT2D eigenvalue weighted by Gasteiger charge is -2.15. The Balaban J connectivity index is 2.22. The molecule has 6 nitrogen and oxygen atoms in total. The van der Waals surface area contributed by atoms with Gasteiger partial charge in [-0.2, -0.15) is 0 Å². The summed E-state index contributed by atoms with van der Waals surface area (Å²) in [5.74, 6) is -0.975. The molecule has 0 radical (unpaired) electrons. The van der Waals surface area contributed by atoms with Crippen molar-refractivity contribution in [2.45, 2.75) is 6.42 Å². The molecule has 1 rings (SSSR count). The van der Waals surface area contributed by atoms with Crippen LogP contribution in [0, 0.1) is 0 Å². The number of aliphatic carboxylic acids is 1. The Labute approximate surface area is 127 Å². The maximum absolute atomic E-state index is 11.7. The summed E-state index contributed by atoms with van der Waals surface area (Å²) < 4.78 is 0. The fraction of sp³-hybridized carbons (Fsp3) is 0.357. The minimum Gasteiger partial charge on any atom is -0.481 e. The molecule has 0 saturated heterocycles. The van der Waals surface area contributed by atoms with Gasteiger partial charge in [0.25, 0.3) is 0 Å². The smallest absolute Gasteiger partial charge is 0.305 e. The van der Waals surface area contributed by atoms with Gasteiger partial charge in [0.15, 0.2) is 0 Å². The van der Waals surface area contributed by atoms with Crippen molar-refractivity contribution in [1.29, 1.82) is 0 Å². The maximum Gasteiger partial charge on any atom is 0.305 e. The molecule has 21 heavy (non-hydrogen) atoms. The summed E-state index contributed by atoms with van der Waals surface area (Å²) in [6, 6.07) is 9.07. The van der Waals surface area contributed by atoms with E-state index in [9.17, 15) is 14.4 Å². The van der Waals surface area contributed by atoms with Gasteiger partial charge in [0, 0.05) is 19.3 Å². The van der Waals surface area contributed by atoms with E-state index in [1.165, 1.54) is 16.7 Å². The number of rotatable bonds is 8. The summed E-state index contributed by atoms with van der Waals surface area (Å²) in [7, 11) is 1.55. The summed E-state index contributed by atoms with van der Waals surface area (Å²) >= 11 is 1.20. The molecule has 2 N–H and O–H groups in total. The molecular weight excluding hydrogens is 292 g/mol. The molecule has 7 heteroatoms. The van der Waals surface area contributed by atoms with Crippen LogP contribution in [0.5, 0.6) is 0 Å². The second-order valence-electron chi connectivity index (χ2n) is 4.37. The molecule has 0 heterocycles. The quantitative estimate of drug-likeness (QED) is 0.755. The van der Waals surface area contributed by atoms with E-state index >= 15 is 0 Å². The Morgan fingerprint density at radius 1 is 1.19 bits per heavy atom. The lowest BCUT2D eigenvalue weighted by atomic mass is 10.3. The highest BCUT2D eigenvalue weighted by molar-refractivity contribution is 8.00. The number of carbonyl (C=O) groups excluding carboxylic acids is 2. The Morgan fingerprint density at radius 3 is 2.48 bits per heavy atom. The van der Waals surface area contributed by atoms with Crippen LogP contribution >= 0.6 is 11.8 Å². The Bertz CT molecular complexity index is 493. The first-order valence-electron chi connectivity index (χ1n) is 6.37. The number of thioether (sulfide) groups is 1. The first-order valence-corrected chi connectivity index (χ1v) is 7.53. The Morgan fingerprint density at radius 2 is 1.86 bits per heavy atom.